The number of hydrogen-bond donors (Lipinski definition) is 1. The quantitative estimate of drug-likeness (QED) is 0.868. The van der Waals surface area contributed by atoms with Crippen LogP contribution in [0.1, 0.15) is 13.3 Å². The van der Waals surface area contributed by atoms with Gasteiger partial charge in [0, 0.05) is 24.7 Å². The maximum atomic E-state index is 10.2. The molecule has 1 atom stereocenters. The molecule has 110 valence electrons. The van der Waals surface area contributed by atoms with Gasteiger partial charge in [0.1, 0.15) is 19.0 Å². The summed E-state index contributed by atoms with van der Waals surface area (Å²) in [7, 11) is 0. The molecule has 2 aromatic rings. The van der Waals surface area contributed by atoms with Gasteiger partial charge in [0.2, 0.25) is 0 Å². The first kappa shape index (κ1) is 12.7. The summed E-state index contributed by atoms with van der Waals surface area (Å²) in [5, 5.41) is 12.3. The highest BCUT2D eigenvalue weighted by Crippen LogP contribution is 2.38. The summed E-state index contributed by atoms with van der Waals surface area (Å²) in [5.74, 6) is 2.47. The minimum absolute atomic E-state index is 0.576. The first-order chi connectivity index (χ1) is 10.1. The third-order valence-corrected chi connectivity index (χ3v) is 4.16. The van der Waals surface area contributed by atoms with Crippen LogP contribution in [0, 0.1) is 0 Å². The van der Waals surface area contributed by atoms with E-state index >= 15 is 0 Å². The molecule has 5 heteroatoms. The monoisotopic (exact) mass is 286 g/mol. The highest BCUT2D eigenvalue weighted by atomic mass is 16.6. The number of ether oxygens (including phenoxy) is 2. The number of rotatable bonds is 1. The molecule has 0 radical (unpaired) electrons. The first-order valence-electron chi connectivity index (χ1n) is 7.28. The molecular weight excluding hydrogens is 268 g/mol. The van der Waals surface area contributed by atoms with Gasteiger partial charge in [-0.2, -0.15) is 0 Å². The molecule has 1 fully saturated rings. The summed E-state index contributed by atoms with van der Waals surface area (Å²) in [6, 6.07) is 5.98. The van der Waals surface area contributed by atoms with E-state index < -0.39 is 5.60 Å². The molecule has 2 aliphatic rings. The van der Waals surface area contributed by atoms with Crippen LogP contribution in [-0.2, 0) is 0 Å². The average Bonchev–Trinajstić information content (AvgIpc) is 2.84. The van der Waals surface area contributed by atoms with Crippen molar-refractivity contribution in [3.8, 4) is 11.5 Å². The number of aliphatic hydroxyl groups is 1. The van der Waals surface area contributed by atoms with Gasteiger partial charge in [-0.25, -0.2) is 4.98 Å². The molecule has 1 unspecified atom stereocenters. The van der Waals surface area contributed by atoms with Crippen molar-refractivity contribution in [2.24, 2.45) is 0 Å². The molecule has 0 saturated carbocycles. The standard InChI is InChI=1S/C16H18N2O3/c1-16(19)3-5-18(10-16)15-12-9-14-13(20-6-7-21-14)8-11(12)2-4-17-15/h2,4,8-9,19H,3,5-7,10H2,1H3. The average molecular weight is 286 g/mol. The molecule has 5 nitrogen and oxygen atoms in total. The number of nitrogens with zero attached hydrogens (tertiary/aromatic N) is 2. The third-order valence-electron chi connectivity index (χ3n) is 4.16. The Morgan fingerprint density at radius 1 is 1.24 bits per heavy atom. The summed E-state index contributed by atoms with van der Waals surface area (Å²) in [6.45, 7) is 4.45. The van der Waals surface area contributed by atoms with E-state index in [4.69, 9.17) is 9.47 Å². The molecule has 4 rings (SSSR count). The lowest BCUT2D eigenvalue weighted by Crippen LogP contribution is -2.30. The van der Waals surface area contributed by atoms with Crippen LogP contribution in [-0.4, -0.2) is 42.0 Å². The molecule has 0 aliphatic carbocycles. The summed E-state index contributed by atoms with van der Waals surface area (Å²) in [5.41, 5.74) is -0.641. The molecule has 1 N–H and O–H groups in total. The summed E-state index contributed by atoms with van der Waals surface area (Å²) >= 11 is 0. The zero-order valence-electron chi connectivity index (χ0n) is 12.0. The Balaban J connectivity index is 1.82. The molecule has 21 heavy (non-hydrogen) atoms. The Bertz CT molecular complexity index is 699. The second-order valence-corrected chi connectivity index (χ2v) is 6.02. The number of fused-ring (bicyclic) bond motifs is 2. The van der Waals surface area contributed by atoms with Gasteiger partial charge >= 0.3 is 0 Å². The summed E-state index contributed by atoms with van der Waals surface area (Å²) in [4.78, 5) is 6.66. The van der Waals surface area contributed by atoms with Crippen molar-refractivity contribution in [2.45, 2.75) is 18.9 Å². The summed E-state index contributed by atoms with van der Waals surface area (Å²) in [6.07, 6.45) is 2.57. The molecule has 2 aliphatic heterocycles. The minimum Gasteiger partial charge on any atom is -0.486 e. The normalized spacial score (nSPS) is 24.6. The fraction of sp³-hybridized carbons (Fsp3) is 0.438. The molecule has 0 amide bonds. The van der Waals surface area contributed by atoms with Crippen molar-refractivity contribution >= 4 is 16.6 Å². The van der Waals surface area contributed by atoms with Gasteiger partial charge in [0.25, 0.3) is 0 Å². The fourth-order valence-electron chi connectivity index (χ4n) is 3.07. The predicted molar refractivity (Wildman–Crippen MR) is 80.2 cm³/mol. The Kier molecular flexibility index (Phi) is 2.72. The SMILES string of the molecule is CC1(O)CCN(c2nccc3cc4c(cc23)OCCO4)C1. The Morgan fingerprint density at radius 2 is 2.00 bits per heavy atom. The van der Waals surface area contributed by atoms with Crippen LogP contribution in [0.4, 0.5) is 5.82 Å². The zero-order valence-corrected chi connectivity index (χ0v) is 12.0. The number of aromatic nitrogens is 1. The van der Waals surface area contributed by atoms with Crippen molar-refractivity contribution in [2.75, 3.05) is 31.2 Å². The van der Waals surface area contributed by atoms with Crippen LogP contribution in [0.5, 0.6) is 11.5 Å². The highest BCUT2D eigenvalue weighted by Gasteiger charge is 2.32. The van der Waals surface area contributed by atoms with E-state index in [0.717, 1.165) is 41.1 Å². The molecule has 3 heterocycles. The maximum absolute atomic E-state index is 10.2. The van der Waals surface area contributed by atoms with Crippen molar-refractivity contribution < 1.29 is 14.6 Å². The second-order valence-electron chi connectivity index (χ2n) is 6.02. The first-order valence-corrected chi connectivity index (χ1v) is 7.28. The van der Waals surface area contributed by atoms with Gasteiger partial charge in [0.15, 0.2) is 11.5 Å². The fourth-order valence-corrected chi connectivity index (χ4v) is 3.07. The van der Waals surface area contributed by atoms with Crippen LogP contribution in [0.2, 0.25) is 0 Å². The van der Waals surface area contributed by atoms with E-state index in [2.05, 4.69) is 9.88 Å². The number of β-amino-alcohol motifs (C(OH)–C–C–N with tert-alkyl or cyclic N) is 1. The van der Waals surface area contributed by atoms with E-state index in [1.165, 1.54) is 0 Å². The van der Waals surface area contributed by atoms with Gasteiger partial charge in [-0.1, -0.05) is 0 Å². The lowest BCUT2D eigenvalue weighted by atomic mass is 10.1. The molecule has 1 aromatic heterocycles. The van der Waals surface area contributed by atoms with E-state index in [1.54, 1.807) is 6.20 Å². The van der Waals surface area contributed by atoms with Gasteiger partial charge < -0.3 is 19.5 Å². The molecule has 0 spiro atoms. The largest absolute Gasteiger partial charge is 0.486 e. The zero-order chi connectivity index (χ0) is 14.4. The lowest BCUT2D eigenvalue weighted by Gasteiger charge is -2.23. The van der Waals surface area contributed by atoms with Gasteiger partial charge in [-0.05, 0) is 36.9 Å². The van der Waals surface area contributed by atoms with Crippen LogP contribution >= 0.6 is 0 Å². The third kappa shape index (κ3) is 2.17. The molecule has 1 aromatic carbocycles. The highest BCUT2D eigenvalue weighted by molar-refractivity contribution is 5.94. The lowest BCUT2D eigenvalue weighted by molar-refractivity contribution is 0.0839. The molecule has 1 saturated heterocycles. The predicted octanol–water partition coefficient (Wildman–Crippen LogP) is 1.97. The minimum atomic E-state index is -0.641. The Labute approximate surface area is 123 Å². The summed E-state index contributed by atoms with van der Waals surface area (Å²) < 4.78 is 11.3. The van der Waals surface area contributed by atoms with Crippen LogP contribution in [0.15, 0.2) is 24.4 Å². The second kappa shape index (κ2) is 4.49. The molecule has 0 bridgehead atoms. The van der Waals surface area contributed by atoms with Gasteiger partial charge in [-0.3, -0.25) is 0 Å². The van der Waals surface area contributed by atoms with Crippen LogP contribution < -0.4 is 14.4 Å². The molecular formula is C16H18N2O3. The van der Waals surface area contributed by atoms with E-state index in [0.29, 0.717) is 19.8 Å². The van der Waals surface area contributed by atoms with Crippen LogP contribution in [0.3, 0.4) is 0 Å². The maximum Gasteiger partial charge on any atom is 0.162 e. The number of pyridine rings is 1. The van der Waals surface area contributed by atoms with E-state index in [-0.39, 0.29) is 0 Å². The van der Waals surface area contributed by atoms with Gasteiger partial charge in [-0.15, -0.1) is 0 Å². The van der Waals surface area contributed by atoms with Crippen molar-refractivity contribution in [3.63, 3.8) is 0 Å². The topological polar surface area (TPSA) is 54.8 Å². The van der Waals surface area contributed by atoms with Crippen LogP contribution in [0.25, 0.3) is 10.8 Å². The Hall–Kier alpha value is -2.01. The van der Waals surface area contributed by atoms with E-state index in [1.807, 2.05) is 25.1 Å². The van der Waals surface area contributed by atoms with Crippen molar-refractivity contribution in [1.82, 2.24) is 4.98 Å². The van der Waals surface area contributed by atoms with Gasteiger partial charge in [0.05, 0.1) is 5.60 Å². The number of hydrogen-bond acceptors (Lipinski definition) is 5. The number of anilines is 1. The Morgan fingerprint density at radius 3 is 2.71 bits per heavy atom. The van der Waals surface area contributed by atoms with Crippen molar-refractivity contribution in [3.05, 3.63) is 24.4 Å². The van der Waals surface area contributed by atoms with Crippen molar-refractivity contribution in [1.29, 1.82) is 0 Å². The number of benzene rings is 1. The van der Waals surface area contributed by atoms with E-state index in [9.17, 15) is 5.11 Å². The smallest absolute Gasteiger partial charge is 0.162 e.